The van der Waals surface area contributed by atoms with Gasteiger partial charge in [-0.05, 0) is 33.1 Å². The Morgan fingerprint density at radius 1 is 0.500 bits per heavy atom. The van der Waals surface area contributed by atoms with Gasteiger partial charge in [-0.1, -0.05) is 13.3 Å². The molecule has 2 unspecified atom stereocenters. The lowest BCUT2D eigenvalue weighted by atomic mass is 10.3. The summed E-state index contributed by atoms with van der Waals surface area (Å²) in [7, 11) is -7.86. The van der Waals surface area contributed by atoms with Gasteiger partial charge in [-0.3, -0.25) is 9.80 Å². The predicted octanol–water partition coefficient (Wildman–Crippen LogP) is -1.59. The number of unbranched alkanes of at least 4 members (excludes halogenated alkanes) is 1. The minimum Gasteiger partial charge on any atom is -0.390 e. The van der Waals surface area contributed by atoms with Crippen LogP contribution in [0.3, 0.4) is 0 Å². The summed E-state index contributed by atoms with van der Waals surface area (Å²) in [5.41, 5.74) is 0. The van der Waals surface area contributed by atoms with Crippen molar-refractivity contribution in [3.63, 3.8) is 0 Å². The maximum atomic E-state index is 10.5. The van der Waals surface area contributed by atoms with E-state index < -0.39 is 50.2 Å². The predicted molar refractivity (Wildman–Crippen MR) is 240 cm³/mol. The van der Waals surface area contributed by atoms with Gasteiger partial charge in [0.2, 0.25) is 17.8 Å². The molecule has 0 bridgehead atoms. The van der Waals surface area contributed by atoms with Crippen LogP contribution in [0.15, 0.2) is 0 Å². The fourth-order valence-electron chi connectivity index (χ4n) is 4.95. The molecular weight excluding hydrogens is 925 g/mol. The van der Waals surface area contributed by atoms with E-state index in [1.54, 1.807) is 13.8 Å². The van der Waals surface area contributed by atoms with E-state index in [1.165, 1.54) is 9.80 Å². The van der Waals surface area contributed by atoms with Gasteiger partial charge in [0.05, 0.1) is 76.9 Å². The number of nitrogens with one attached hydrogen (secondary N) is 1. The largest absolute Gasteiger partial charge is 0.492 e. The summed E-state index contributed by atoms with van der Waals surface area (Å²) in [5, 5.41) is 55.0. The van der Waals surface area contributed by atoms with E-state index in [9.17, 15) is 39.9 Å². The average molecular weight is 1000 g/mol. The highest BCUT2D eigenvalue weighted by molar-refractivity contribution is 8.19. The Morgan fingerprint density at radius 2 is 0.864 bits per heavy atom. The number of aliphatic hydroxyl groups is 5. The molecule has 0 saturated carbocycles. The number of hydrogen-bond donors (Lipinski definition) is 12. The van der Waals surface area contributed by atoms with E-state index in [0.717, 1.165) is 12.8 Å². The van der Waals surface area contributed by atoms with Crippen LogP contribution in [0.2, 0.25) is 6.04 Å². The number of aromatic nitrogens is 3. The lowest BCUT2D eigenvalue weighted by molar-refractivity contribution is -0.0339. The molecule has 0 saturated heterocycles. The second-order valence-corrected chi connectivity index (χ2v) is 18.5. The van der Waals surface area contributed by atoms with Crippen LogP contribution in [0.4, 0.5) is 17.8 Å². The highest BCUT2D eigenvalue weighted by Crippen LogP contribution is 2.32. The third-order valence-corrected chi connectivity index (χ3v) is 10.0. The van der Waals surface area contributed by atoms with Crippen LogP contribution >= 0.6 is 10.9 Å². The number of ether oxygens (including phenoxy) is 10. The fraction of sp³-hybridized carbons (Fsp3) is 0.919. The molecule has 29 heteroatoms. The molecule has 1 rings (SSSR count). The Morgan fingerprint density at radius 3 is 1.24 bits per heavy atom. The molecule has 0 aromatic carbocycles. The molecule has 1 aromatic rings. The Kier molecular flexibility index (Phi) is 35.7. The molecule has 392 valence electrons. The summed E-state index contributed by atoms with van der Waals surface area (Å²) >= 11 is 0. The van der Waals surface area contributed by atoms with E-state index in [0.29, 0.717) is 19.8 Å². The van der Waals surface area contributed by atoms with Crippen molar-refractivity contribution in [2.24, 2.45) is 0 Å². The first-order chi connectivity index (χ1) is 31.5. The molecule has 12 N–H and O–H groups in total. The van der Waals surface area contributed by atoms with Crippen LogP contribution in [-0.2, 0) is 47.4 Å². The topological polar surface area (TPSA) is 372 Å². The molecular formula is C37H78N6O21SSi. The third-order valence-electron chi connectivity index (χ3n) is 8.16. The minimum absolute atomic E-state index is 0.0224. The van der Waals surface area contributed by atoms with Gasteiger partial charge in [0.25, 0.3) is 0 Å². The quantitative estimate of drug-likeness (QED) is 0.0199. The second-order valence-electron chi connectivity index (χ2n) is 14.8. The molecule has 0 aliphatic carbocycles. The van der Waals surface area contributed by atoms with Crippen molar-refractivity contribution in [2.45, 2.75) is 83.0 Å². The first kappa shape index (κ1) is 62.2. The maximum absolute atomic E-state index is 10.5. The van der Waals surface area contributed by atoms with Crippen molar-refractivity contribution in [2.75, 3.05) is 154 Å². The van der Waals surface area contributed by atoms with Gasteiger partial charge >= 0.3 is 8.80 Å². The fourth-order valence-corrected chi connectivity index (χ4v) is 6.07. The molecule has 0 aliphatic rings. The normalized spacial score (nSPS) is 14.8. The van der Waals surface area contributed by atoms with Crippen LogP contribution in [0.1, 0.15) is 46.5 Å². The van der Waals surface area contributed by atoms with Gasteiger partial charge in [-0.15, -0.1) is 0 Å². The van der Waals surface area contributed by atoms with Gasteiger partial charge < -0.3 is 106 Å². The molecule has 66 heavy (non-hydrogen) atoms. The zero-order chi connectivity index (χ0) is 49.1. The van der Waals surface area contributed by atoms with Crippen LogP contribution in [-0.4, -0.2) is 246 Å². The number of rotatable bonds is 46. The van der Waals surface area contributed by atoms with Crippen LogP contribution in [0.5, 0.6) is 0 Å². The van der Waals surface area contributed by atoms with E-state index >= 15 is 0 Å². The van der Waals surface area contributed by atoms with Crippen LogP contribution in [0.25, 0.3) is 0 Å². The lowest BCUT2D eigenvalue weighted by Gasteiger charge is -2.27. The SMILES string of the molecule is CCCCOCC(O)COCN(COC[C@H](O)COCCC[Si](O)(O)O)c1nc(NCOCC(O)COCCCS(O)(O)O)nc(N(COC[C@H](O)COCC)COC[C@@H](O)COCC)n1. The first-order valence-corrected chi connectivity index (χ1v) is 25.5. The Balaban J connectivity index is 3.37. The number of nitrogens with zero attached hydrogens (tertiary/aromatic N) is 5. The Hall–Kier alpha value is -1.86. The smallest absolute Gasteiger partial charge is 0.390 e. The molecule has 0 aliphatic heterocycles. The van der Waals surface area contributed by atoms with Crippen molar-refractivity contribution in [3.8, 4) is 0 Å². The molecule has 0 amide bonds. The van der Waals surface area contributed by atoms with Gasteiger partial charge in [-0.25, -0.2) is 0 Å². The molecule has 0 fully saturated rings. The minimum atomic E-state index is -4.22. The van der Waals surface area contributed by atoms with Gasteiger partial charge in [0.1, 0.15) is 64.2 Å². The summed E-state index contributed by atoms with van der Waals surface area (Å²) < 4.78 is 82.8. The summed E-state index contributed by atoms with van der Waals surface area (Å²) in [5.74, 6) is -0.434. The van der Waals surface area contributed by atoms with Crippen LogP contribution < -0.4 is 15.1 Å². The van der Waals surface area contributed by atoms with Gasteiger partial charge in [0, 0.05) is 44.8 Å². The van der Waals surface area contributed by atoms with Crippen molar-refractivity contribution in [3.05, 3.63) is 0 Å². The second kappa shape index (κ2) is 38.0. The zero-order valence-electron chi connectivity index (χ0n) is 38.4. The molecule has 0 spiro atoms. The Labute approximate surface area is 389 Å². The van der Waals surface area contributed by atoms with Crippen molar-refractivity contribution in [1.82, 2.24) is 15.0 Å². The van der Waals surface area contributed by atoms with Crippen molar-refractivity contribution >= 4 is 37.5 Å². The van der Waals surface area contributed by atoms with E-state index in [-0.39, 0.29) is 155 Å². The monoisotopic (exact) mass is 1000 g/mol. The lowest BCUT2D eigenvalue weighted by Crippen LogP contribution is -2.37. The molecule has 0 radical (unpaired) electrons. The van der Waals surface area contributed by atoms with Gasteiger partial charge in [0.15, 0.2) is 0 Å². The Bertz CT molecular complexity index is 1290. The standard InChI is InChI=1S/C37H78N6O21SSi/c1-4-7-10-57-18-33(47)23-63-28-43(29-64-24-34(48)19-59-12-9-14-66(52,53)54)37-40-35(38-25-60-20-32(46)17-58-11-8-13-65(49,50)51)39-36(41-37)42(26-61-21-30(44)15-55-5-2)27-62-22-31(45)16-56-6-3/h30-34,44-54H,4-29H2,1-3H3,(H,38,39,40,41)/t30-,31+,32?,33?,34-/m1/s1. The summed E-state index contributed by atoms with van der Waals surface area (Å²) in [6.07, 6.45) is -3.06. The van der Waals surface area contributed by atoms with Crippen molar-refractivity contribution < 1.29 is 101 Å². The number of hydrogen-bond acceptors (Lipinski definition) is 27. The van der Waals surface area contributed by atoms with Gasteiger partial charge in [-0.2, -0.15) is 15.0 Å². The summed E-state index contributed by atoms with van der Waals surface area (Å²) in [6.45, 7) is 4.49. The maximum Gasteiger partial charge on any atom is 0.492 e. The molecule has 27 nitrogen and oxygen atoms in total. The van der Waals surface area contributed by atoms with Crippen LogP contribution in [0, 0.1) is 0 Å². The average Bonchev–Trinajstić information content (AvgIpc) is 3.25. The highest BCUT2D eigenvalue weighted by atomic mass is 32.3. The number of anilines is 3. The highest BCUT2D eigenvalue weighted by Gasteiger charge is 2.26. The molecule has 5 atom stereocenters. The van der Waals surface area contributed by atoms with E-state index in [1.807, 2.05) is 6.92 Å². The summed E-state index contributed by atoms with van der Waals surface area (Å²) in [4.78, 5) is 44.1. The number of aliphatic hydroxyl groups excluding tert-OH is 5. The molecule has 1 aromatic heterocycles. The van der Waals surface area contributed by atoms with Crippen molar-refractivity contribution in [1.29, 1.82) is 0 Å². The summed E-state index contributed by atoms with van der Waals surface area (Å²) in [6, 6.07) is -0.226. The van der Waals surface area contributed by atoms with E-state index in [4.69, 9.17) is 61.0 Å². The molecule has 1 heterocycles. The zero-order valence-corrected chi connectivity index (χ0v) is 40.2. The first-order valence-electron chi connectivity index (χ1n) is 21.8. The third kappa shape index (κ3) is 35.3. The van der Waals surface area contributed by atoms with E-state index in [2.05, 4.69) is 20.3 Å².